The highest BCUT2D eigenvalue weighted by Gasteiger charge is 2.13. The lowest BCUT2D eigenvalue weighted by Gasteiger charge is -2.10. The molecule has 0 saturated heterocycles. The van der Waals surface area contributed by atoms with Crippen LogP contribution in [0.25, 0.3) is 0 Å². The predicted molar refractivity (Wildman–Crippen MR) is 121 cm³/mol. The standard InChI is InChI=1S/C23H33N3O3S/c1-4-5-6-9-17(2)12-13-21(27)24-15-22-26-19(16-30-22)23(28)25-14-18-10-7-8-11-20(18)29-3/h7-8,10-11,16-17H,4-6,9,12-15H2,1-3H3,(H,24,27)(H,25,28). The topological polar surface area (TPSA) is 80.3 Å². The van der Waals surface area contributed by atoms with E-state index in [1.165, 1.54) is 37.0 Å². The maximum Gasteiger partial charge on any atom is 0.271 e. The lowest BCUT2D eigenvalue weighted by atomic mass is 9.98. The average molecular weight is 432 g/mol. The van der Waals surface area contributed by atoms with Gasteiger partial charge in [-0.25, -0.2) is 4.98 Å². The van der Waals surface area contributed by atoms with E-state index >= 15 is 0 Å². The number of ether oxygens (including phenoxy) is 1. The minimum atomic E-state index is -0.240. The van der Waals surface area contributed by atoms with Crippen molar-refractivity contribution in [1.29, 1.82) is 0 Å². The van der Waals surface area contributed by atoms with Crippen LogP contribution < -0.4 is 15.4 Å². The van der Waals surface area contributed by atoms with E-state index in [2.05, 4.69) is 29.5 Å². The molecule has 6 nitrogen and oxygen atoms in total. The quantitative estimate of drug-likeness (QED) is 0.451. The molecule has 0 fully saturated rings. The van der Waals surface area contributed by atoms with Crippen molar-refractivity contribution in [1.82, 2.24) is 15.6 Å². The highest BCUT2D eigenvalue weighted by atomic mass is 32.1. The van der Waals surface area contributed by atoms with Gasteiger partial charge in [-0.05, 0) is 18.4 Å². The molecule has 2 amide bonds. The number of carbonyl (C=O) groups is 2. The molecule has 0 spiro atoms. The van der Waals surface area contributed by atoms with Gasteiger partial charge < -0.3 is 15.4 Å². The zero-order chi connectivity index (χ0) is 21.8. The van der Waals surface area contributed by atoms with E-state index in [1.54, 1.807) is 12.5 Å². The Morgan fingerprint density at radius 3 is 2.70 bits per heavy atom. The average Bonchev–Trinajstić information content (AvgIpc) is 3.24. The molecule has 0 aliphatic heterocycles. The smallest absolute Gasteiger partial charge is 0.271 e. The van der Waals surface area contributed by atoms with E-state index in [4.69, 9.17) is 4.74 Å². The molecular formula is C23H33N3O3S. The molecule has 30 heavy (non-hydrogen) atoms. The summed E-state index contributed by atoms with van der Waals surface area (Å²) < 4.78 is 5.30. The zero-order valence-electron chi connectivity index (χ0n) is 18.2. The van der Waals surface area contributed by atoms with Crippen LogP contribution in [0, 0.1) is 5.92 Å². The summed E-state index contributed by atoms with van der Waals surface area (Å²) in [7, 11) is 1.61. The Balaban J connectivity index is 1.72. The number of para-hydroxylation sites is 1. The normalized spacial score (nSPS) is 11.7. The number of unbranched alkanes of at least 4 members (excludes halogenated alkanes) is 2. The number of benzene rings is 1. The fourth-order valence-corrected chi connectivity index (χ4v) is 3.85. The molecule has 7 heteroatoms. The van der Waals surface area contributed by atoms with E-state index < -0.39 is 0 Å². The second-order valence-corrected chi connectivity index (χ2v) is 8.48. The summed E-state index contributed by atoms with van der Waals surface area (Å²) >= 11 is 1.38. The summed E-state index contributed by atoms with van der Waals surface area (Å²) in [5, 5.41) is 8.21. The monoisotopic (exact) mass is 431 g/mol. The van der Waals surface area contributed by atoms with Crippen LogP contribution in [0.2, 0.25) is 0 Å². The Kier molecular flexibility index (Phi) is 10.3. The van der Waals surface area contributed by atoms with Crippen LogP contribution in [0.1, 0.15) is 73.4 Å². The molecule has 0 aliphatic rings. The molecule has 0 bridgehead atoms. The van der Waals surface area contributed by atoms with Gasteiger partial charge in [-0.1, -0.05) is 57.7 Å². The van der Waals surface area contributed by atoms with E-state index in [9.17, 15) is 9.59 Å². The van der Waals surface area contributed by atoms with Crippen LogP contribution in [-0.4, -0.2) is 23.9 Å². The maximum absolute atomic E-state index is 12.4. The van der Waals surface area contributed by atoms with E-state index in [0.717, 1.165) is 22.7 Å². The number of thiazole rings is 1. The second-order valence-electron chi connectivity index (χ2n) is 7.54. The number of nitrogens with one attached hydrogen (secondary N) is 2. The Morgan fingerprint density at radius 2 is 1.93 bits per heavy atom. The van der Waals surface area contributed by atoms with Gasteiger partial charge in [-0.3, -0.25) is 9.59 Å². The van der Waals surface area contributed by atoms with E-state index in [-0.39, 0.29) is 11.8 Å². The first-order valence-electron chi connectivity index (χ1n) is 10.6. The van der Waals surface area contributed by atoms with Crippen LogP contribution in [0.15, 0.2) is 29.6 Å². The first kappa shape index (κ1) is 23.9. The minimum absolute atomic E-state index is 0.0368. The van der Waals surface area contributed by atoms with Gasteiger partial charge in [0.15, 0.2) is 0 Å². The fourth-order valence-electron chi connectivity index (χ4n) is 3.14. The highest BCUT2D eigenvalue weighted by molar-refractivity contribution is 7.09. The van der Waals surface area contributed by atoms with Gasteiger partial charge in [0, 0.05) is 23.9 Å². The largest absolute Gasteiger partial charge is 0.496 e. The third-order valence-corrected chi connectivity index (χ3v) is 5.87. The molecule has 0 saturated carbocycles. The third-order valence-electron chi connectivity index (χ3n) is 5.02. The molecule has 0 radical (unpaired) electrons. The number of hydrogen-bond donors (Lipinski definition) is 2. The van der Waals surface area contributed by atoms with Crippen molar-refractivity contribution in [2.75, 3.05) is 7.11 Å². The van der Waals surface area contributed by atoms with Gasteiger partial charge in [0.1, 0.15) is 16.5 Å². The van der Waals surface area contributed by atoms with E-state index in [0.29, 0.717) is 31.1 Å². The summed E-state index contributed by atoms with van der Waals surface area (Å²) in [6.07, 6.45) is 6.34. The van der Waals surface area contributed by atoms with Crippen molar-refractivity contribution in [3.8, 4) is 5.75 Å². The van der Waals surface area contributed by atoms with Gasteiger partial charge in [0.05, 0.1) is 13.7 Å². The Morgan fingerprint density at radius 1 is 1.13 bits per heavy atom. The molecule has 2 rings (SSSR count). The molecule has 1 atom stereocenters. The Hall–Kier alpha value is -2.41. The van der Waals surface area contributed by atoms with Crippen molar-refractivity contribution in [2.24, 2.45) is 5.92 Å². The molecule has 1 aromatic heterocycles. The number of amides is 2. The van der Waals surface area contributed by atoms with E-state index in [1.807, 2.05) is 24.3 Å². The molecule has 2 N–H and O–H groups in total. The van der Waals surface area contributed by atoms with Crippen LogP contribution in [-0.2, 0) is 17.9 Å². The van der Waals surface area contributed by atoms with Crippen LogP contribution in [0.5, 0.6) is 5.75 Å². The van der Waals surface area contributed by atoms with Crippen LogP contribution in [0.3, 0.4) is 0 Å². The van der Waals surface area contributed by atoms with Crippen molar-refractivity contribution in [3.05, 3.63) is 45.9 Å². The first-order valence-corrected chi connectivity index (χ1v) is 11.5. The molecule has 0 aliphatic carbocycles. The minimum Gasteiger partial charge on any atom is -0.496 e. The third kappa shape index (κ3) is 8.14. The summed E-state index contributed by atoms with van der Waals surface area (Å²) in [6.45, 7) is 5.13. The number of nitrogens with zero attached hydrogens (tertiary/aromatic N) is 1. The molecule has 2 aromatic rings. The number of aromatic nitrogens is 1. The zero-order valence-corrected chi connectivity index (χ0v) is 19.0. The van der Waals surface area contributed by atoms with Gasteiger partial charge in [-0.15, -0.1) is 11.3 Å². The molecule has 164 valence electrons. The van der Waals surface area contributed by atoms with Gasteiger partial charge in [0.2, 0.25) is 5.91 Å². The summed E-state index contributed by atoms with van der Waals surface area (Å²) in [6, 6.07) is 7.56. The highest BCUT2D eigenvalue weighted by Crippen LogP contribution is 2.17. The first-order chi connectivity index (χ1) is 14.5. The number of hydrogen-bond acceptors (Lipinski definition) is 5. The molecule has 1 aromatic carbocycles. The van der Waals surface area contributed by atoms with Gasteiger partial charge >= 0.3 is 0 Å². The number of rotatable bonds is 13. The molecule has 1 heterocycles. The summed E-state index contributed by atoms with van der Waals surface area (Å²) in [5.41, 5.74) is 1.27. The second kappa shape index (κ2) is 13.0. The van der Waals surface area contributed by atoms with Gasteiger partial charge in [0.25, 0.3) is 5.91 Å². The fraction of sp³-hybridized carbons (Fsp3) is 0.522. The summed E-state index contributed by atoms with van der Waals surface area (Å²) in [4.78, 5) is 28.8. The molecule has 1 unspecified atom stereocenters. The SMILES string of the molecule is CCCCCC(C)CCC(=O)NCc1nc(C(=O)NCc2ccccc2OC)cs1. The summed E-state index contributed by atoms with van der Waals surface area (Å²) in [5.74, 6) is 1.10. The van der Waals surface area contributed by atoms with Crippen molar-refractivity contribution < 1.29 is 14.3 Å². The predicted octanol–water partition coefficient (Wildman–Crippen LogP) is 4.69. The lowest BCUT2D eigenvalue weighted by Crippen LogP contribution is -2.24. The lowest BCUT2D eigenvalue weighted by molar-refractivity contribution is -0.121. The number of methoxy groups -OCH3 is 1. The van der Waals surface area contributed by atoms with Crippen molar-refractivity contribution >= 4 is 23.2 Å². The number of carbonyl (C=O) groups excluding carboxylic acids is 2. The Labute approximate surface area is 183 Å². The van der Waals surface area contributed by atoms with Gasteiger partial charge in [-0.2, -0.15) is 0 Å². The van der Waals surface area contributed by atoms with Crippen LogP contribution >= 0.6 is 11.3 Å². The van der Waals surface area contributed by atoms with Crippen molar-refractivity contribution in [3.63, 3.8) is 0 Å². The maximum atomic E-state index is 12.4. The molecular weight excluding hydrogens is 398 g/mol. The Bertz CT molecular complexity index is 806. The van der Waals surface area contributed by atoms with Crippen LogP contribution in [0.4, 0.5) is 0 Å². The van der Waals surface area contributed by atoms with Crippen molar-refractivity contribution in [2.45, 2.75) is 65.5 Å².